The van der Waals surface area contributed by atoms with E-state index in [0.29, 0.717) is 22.0 Å². The molecule has 0 aliphatic heterocycles. The molecule has 2 amide bonds. The first kappa shape index (κ1) is 20.1. The SMILES string of the molecule is CCn1c(=O)[nH]c2cc(C(=O)NCCNC(=O)c3cccc(C)c3)ccc2c1=O. The van der Waals surface area contributed by atoms with Gasteiger partial charge >= 0.3 is 5.69 Å². The number of aromatic nitrogens is 2. The molecule has 2 aromatic carbocycles. The summed E-state index contributed by atoms with van der Waals surface area (Å²) < 4.78 is 1.10. The molecular formula is C21H22N4O4. The third kappa shape index (κ3) is 4.43. The van der Waals surface area contributed by atoms with Gasteiger partial charge in [-0.3, -0.25) is 19.0 Å². The van der Waals surface area contributed by atoms with E-state index in [0.717, 1.165) is 10.1 Å². The van der Waals surface area contributed by atoms with Crippen LogP contribution in [0.25, 0.3) is 10.9 Å². The zero-order valence-electron chi connectivity index (χ0n) is 16.2. The van der Waals surface area contributed by atoms with Gasteiger partial charge < -0.3 is 15.6 Å². The van der Waals surface area contributed by atoms with Gasteiger partial charge in [-0.2, -0.15) is 0 Å². The van der Waals surface area contributed by atoms with Crippen LogP contribution in [0.5, 0.6) is 0 Å². The Bertz CT molecular complexity index is 1190. The normalized spacial score (nSPS) is 10.7. The minimum Gasteiger partial charge on any atom is -0.350 e. The summed E-state index contributed by atoms with van der Waals surface area (Å²) >= 11 is 0. The van der Waals surface area contributed by atoms with Gasteiger partial charge in [-0.15, -0.1) is 0 Å². The Morgan fingerprint density at radius 1 is 0.966 bits per heavy atom. The number of aromatic amines is 1. The summed E-state index contributed by atoms with van der Waals surface area (Å²) in [6.45, 7) is 4.39. The maximum atomic E-state index is 12.3. The molecule has 3 rings (SSSR count). The second-order valence-electron chi connectivity index (χ2n) is 6.62. The molecule has 0 radical (unpaired) electrons. The van der Waals surface area contributed by atoms with E-state index >= 15 is 0 Å². The topological polar surface area (TPSA) is 113 Å². The van der Waals surface area contributed by atoms with E-state index in [4.69, 9.17) is 0 Å². The average Bonchev–Trinajstić information content (AvgIpc) is 2.70. The van der Waals surface area contributed by atoms with E-state index in [1.165, 1.54) is 18.2 Å². The van der Waals surface area contributed by atoms with Crippen molar-refractivity contribution in [1.29, 1.82) is 0 Å². The fourth-order valence-electron chi connectivity index (χ4n) is 3.03. The standard InChI is InChI=1S/C21H22N4O4/c1-3-25-20(28)16-8-7-15(12-17(16)24-21(25)29)19(27)23-10-9-22-18(26)14-6-4-5-13(2)11-14/h4-8,11-12H,3,9-10H2,1-2H3,(H,22,26)(H,23,27)(H,24,29). The number of hydrogen-bond donors (Lipinski definition) is 3. The van der Waals surface area contributed by atoms with Gasteiger partial charge in [0.2, 0.25) is 0 Å². The van der Waals surface area contributed by atoms with E-state index < -0.39 is 11.2 Å². The van der Waals surface area contributed by atoms with Crippen molar-refractivity contribution in [2.75, 3.05) is 13.1 Å². The Kier molecular flexibility index (Phi) is 5.92. The molecule has 3 N–H and O–H groups in total. The lowest BCUT2D eigenvalue weighted by Crippen LogP contribution is -2.35. The van der Waals surface area contributed by atoms with Crippen LogP contribution in [0.1, 0.15) is 33.2 Å². The van der Waals surface area contributed by atoms with Crippen molar-refractivity contribution in [1.82, 2.24) is 20.2 Å². The summed E-state index contributed by atoms with van der Waals surface area (Å²) in [5.74, 6) is -0.573. The highest BCUT2D eigenvalue weighted by Crippen LogP contribution is 2.09. The highest BCUT2D eigenvalue weighted by atomic mass is 16.2. The van der Waals surface area contributed by atoms with Crippen molar-refractivity contribution < 1.29 is 9.59 Å². The summed E-state index contributed by atoms with van der Waals surface area (Å²) in [5.41, 5.74) is 1.27. The zero-order valence-corrected chi connectivity index (χ0v) is 16.2. The van der Waals surface area contributed by atoms with Crippen molar-refractivity contribution in [3.63, 3.8) is 0 Å². The first-order valence-corrected chi connectivity index (χ1v) is 9.30. The van der Waals surface area contributed by atoms with E-state index in [1.807, 2.05) is 19.1 Å². The van der Waals surface area contributed by atoms with Crippen LogP contribution in [0.4, 0.5) is 0 Å². The molecular weight excluding hydrogens is 372 g/mol. The van der Waals surface area contributed by atoms with Gasteiger partial charge in [-0.05, 0) is 44.2 Å². The second-order valence-corrected chi connectivity index (χ2v) is 6.62. The number of benzene rings is 2. The fourth-order valence-corrected chi connectivity index (χ4v) is 3.03. The van der Waals surface area contributed by atoms with Gasteiger partial charge in [0.1, 0.15) is 0 Å². The van der Waals surface area contributed by atoms with Crippen LogP contribution in [0.2, 0.25) is 0 Å². The summed E-state index contributed by atoms with van der Waals surface area (Å²) in [6.07, 6.45) is 0. The van der Waals surface area contributed by atoms with E-state index in [1.54, 1.807) is 19.1 Å². The van der Waals surface area contributed by atoms with Crippen LogP contribution in [0, 0.1) is 6.92 Å². The Morgan fingerprint density at radius 3 is 2.24 bits per heavy atom. The minimum atomic E-state index is -0.513. The minimum absolute atomic E-state index is 0.210. The molecule has 3 aromatic rings. The van der Waals surface area contributed by atoms with Crippen molar-refractivity contribution >= 4 is 22.7 Å². The summed E-state index contributed by atoms with van der Waals surface area (Å²) in [5, 5.41) is 5.79. The van der Waals surface area contributed by atoms with Gasteiger partial charge in [0.25, 0.3) is 17.4 Å². The van der Waals surface area contributed by atoms with Crippen LogP contribution < -0.4 is 21.9 Å². The van der Waals surface area contributed by atoms with Crippen molar-refractivity contribution in [2.24, 2.45) is 0 Å². The van der Waals surface area contributed by atoms with Crippen LogP contribution in [0.15, 0.2) is 52.1 Å². The Hall–Kier alpha value is -3.68. The number of rotatable bonds is 6. The molecule has 0 unspecified atom stereocenters. The second kappa shape index (κ2) is 8.55. The molecule has 0 bridgehead atoms. The first-order valence-electron chi connectivity index (χ1n) is 9.30. The van der Waals surface area contributed by atoms with Crippen molar-refractivity contribution in [2.45, 2.75) is 20.4 Å². The smallest absolute Gasteiger partial charge is 0.328 e. The number of aryl methyl sites for hydroxylation is 1. The highest BCUT2D eigenvalue weighted by Gasteiger charge is 2.11. The van der Waals surface area contributed by atoms with Crippen molar-refractivity contribution in [3.05, 3.63) is 80.0 Å². The number of H-pyrrole nitrogens is 1. The van der Waals surface area contributed by atoms with E-state index in [-0.39, 0.29) is 31.4 Å². The molecule has 150 valence electrons. The fraction of sp³-hybridized carbons (Fsp3) is 0.238. The molecule has 1 heterocycles. The van der Waals surface area contributed by atoms with Crippen LogP contribution in [-0.2, 0) is 6.54 Å². The number of carbonyl (C=O) groups is 2. The molecule has 8 heteroatoms. The quantitative estimate of drug-likeness (QED) is 0.545. The number of hydrogen-bond acceptors (Lipinski definition) is 4. The summed E-state index contributed by atoms with van der Waals surface area (Å²) in [6, 6.07) is 11.8. The maximum Gasteiger partial charge on any atom is 0.328 e. The lowest BCUT2D eigenvalue weighted by molar-refractivity contribution is 0.0927. The van der Waals surface area contributed by atoms with Crippen LogP contribution in [-0.4, -0.2) is 34.5 Å². The van der Waals surface area contributed by atoms with Crippen LogP contribution >= 0.6 is 0 Å². The predicted octanol–water partition coefficient (Wildman–Crippen LogP) is 1.18. The molecule has 0 saturated carbocycles. The third-order valence-corrected chi connectivity index (χ3v) is 4.54. The number of fused-ring (bicyclic) bond motifs is 1. The third-order valence-electron chi connectivity index (χ3n) is 4.54. The monoisotopic (exact) mass is 394 g/mol. The van der Waals surface area contributed by atoms with E-state index in [2.05, 4.69) is 15.6 Å². The number of carbonyl (C=O) groups excluding carboxylic acids is 2. The van der Waals surface area contributed by atoms with Gasteiger partial charge in [0, 0.05) is 30.8 Å². The van der Waals surface area contributed by atoms with Gasteiger partial charge in [0.15, 0.2) is 0 Å². The van der Waals surface area contributed by atoms with Gasteiger partial charge in [0.05, 0.1) is 10.9 Å². The largest absolute Gasteiger partial charge is 0.350 e. The van der Waals surface area contributed by atoms with Gasteiger partial charge in [-0.25, -0.2) is 4.79 Å². The summed E-state index contributed by atoms with van der Waals surface area (Å²) in [7, 11) is 0. The molecule has 0 atom stereocenters. The lowest BCUT2D eigenvalue weighted by Gasteiger charge is -2.09. The Balaban J connectivity index is 1.62. The highest BCUT2D eigenvalue weighted by molar-refractivity contribution is 5.97. The average molecular weight is 394 g/mol. The molecule has 0 aliphatic rings. The molecule has 0 aliphatic carbocycles. The molecule has 0 spiro atoms. The first-order chi connectivity index (χ1) is 13.9. The summed E-state index contributed by atoms with van der Waals surface area (Å²) in [4.78, 5) is 51.3. The molecule has 29 heavy (non-hydrogen) atoms. The predicted molar refractivity (Wildman–Crippen MR) is 110 cm³/mol. The molecule has 0 saturated heterocycles. The van der Waals surface area contributed by atoms with Crippen molar-refractivity contribution in [3.8, 4) is 0 Å². The number of nitrogens with one attached hydrogen (secondary N) is 3. The van der Waals surface area contributed by atoms with E-state index in [9.17, 15) is 19.2 Å². The molecule has 0 fully saturated rings. The Morgan fingerprint density at radius 2 is 1.62 bits per heavy atom. The van der Waals surface area contributed by atoms with Crippen LogP contribution in [0.3, 0.4) is 0 Å². The molecule has 8 nitrogen and oxygen atoms in total. The Labute approximate surface area is 166 Å². The lowest BCUT2D eigenvalue weighted by atomic mass is 10.1. The van der Waals surface area contributed by atoms with Gasteiger partial charge in [-0.1, -0.05) is 17.7 Å². The maximum absolute atomic E-state index is 12.3. The zero-order chi connectivity index (χ0) is 21.0. The number of nitrogens with zero attached hydrogens (tertiary/aromatic N) is 1. The molecule has 1 aromatic heterocycles. The number of amides is 2.